The van der Waals surface area contributed by atoms with Crippen LogP contribution in [0.2, 0.25) is 5.02 Å². The van der Waals surface area contributed by atoms with Gasteiger partial charge in [0, 0.05) is 6.07 Å². The third-order valence-corrected chi connectivity index (χ3v) is 3.29. The molecule has 1 aliphatic rings. The highest BCUT2D eigenvalue weighted by molar-refractivity contribution is 6.32. The van der Waals surface area contributed by atoms with Crippen molar-refractivity contribution in [3.05, 3.63) is 22.7 Å². The molecule has 1 aliphatic carbocycles. The SMILES string of the molecule is COc1cc(N=C(N)CCl)c(C2CC2)cc1Cl. The van der Waals surface area contributed by atoms with Gasteiger partial charge in [0.1, 0.15) is 11.6 Å². The highest BCUT2D eigenvalue weighted by atomic mass is 35.5. The largest absolute Gasteiger partial charge is 0.495 e. The van der Waals surface area contributed by atoms with E-state index in [1.54, 1.807) is 7.11 Å². The zero-order chi connectivity index (χ0) is 12.4. The van der Waals surface area contributed by atoms with Crippen LogP contribution in [-0.4, -0.2) is 18.8 Å². The molecule has 0 heterocycles. The van der Waals surface area contributed by atoms with E-state index >= 15 is 0 Å². The van der Waals surface area contributed by atoms with Crippen LogP contribution in [0.4, 0.5) is 5.69 Å². The first kappa shape index (κ1) is 12.5. The summed E-state index contributed by atoms with van der Waals surface area (Å²) in [7, 11) is 1.58. The molecule has 3 nitrogen and oxygen atoms in total. The van der Waals surface area contributed by atoms with Gasteiger partial charge in [0.15, 0.2) is 0 Å². The second-order valence-electron chi connectivity index (χ2n) is 4.06. The third kappa shape index (κ3) is 2.85. The van der Waals surface area contributed by atoms with Crippen LogP contribution in [0.5, 0.6) is 5.75 Å². The predicted octanol–water partition coefficient (Wildman–Crippen LogP) is 3.45. The van der Waals surface area contributed by atoms with Gasteiger partial charge in [0.25, 0.3) is 0 Å². The summed E-state index contributed by atoms with van der Waals surface area (Å²) in [6, 6.07) is 3.73. The number of alkyl halides is 1. The Bertz CT molecular complexity index is 456. The van der Waals surface area contributed by atoms with Gasteiger partial charge < -0.3 is 10.5 Å². The number of halogens is 2. The molecule has 1 aromatic carbocycles. The highest BCUT2D eigenvalue weighted by Crippen LogP contribution is 2.47. The number of hydrogen-bond acceptors (Lipinski definition) is 2. The molecule has 1 aromatic rings. The molecule has 1 saturated carbocycles. The number of nitrogens with zero attached hydrogens (tertiary/aromatic N) is 1. The van der Waals surface area contributed by atoms with Crippen molar-refractivity contribution in [3.8, 4) is 5.75 Å². The summed E-state index contributed by atoms with van der Waals surface area (Å²) in [5.74, 6) is 1.77. The number of rotatable bonds is 4. The van der Waals surface area contributed by atoms with E-state index in [0.717, 1.165) is 11.3 Å². The maximum absolute atomic E-state index is 6.11. The quantitative estimate of drug-likeness (QED) is 0.519. The van der Waals surface area contributed by atoms with Gasteiger partial charge in [-0.3, -0.25) is 0 Å². The van der Waals surface area contributed by atoms with Crippen molar-refractivity contribution >= 4 is 34.7 Å². The Balaban J connectivity index is 2.46. The van der Waals surface area contributed by atoms with Crippen LogP contribution in [0, 0.1) is 0 Å². The fourth-order valence-corrected chi connectivity index (χ4v) is 2.03. The Kier molecular flexibility index (Phi) is 3.79. The van der Waals surface area contributed by atoms with Gasteiger partial charge in [0.05, 0.1) is 23.7 Å². The minimum atomic E-state index is 0.217. The number of nitrogens with two attached hydrogens (primary N) is 1. The van der Waals surface area contributed by atoms with E-state index in [1.165, 1.54) is 12.8 Å². The summed E-state index contributed by atoms with van der Waals surface area (Å²) >= 11 is 11.8. The van der Waals surface area contributed by atoms with Gasteiger partial charge in [0.2, 0.25) is 0 Å². The lowest BCUT2D eigenvalue weighted by atomic mass is 10.1. The van der Waals surface area contributed by atoms with Crippen LogP contribution in [0.15, 0.2) is 17.1 Å². The summed E-state index contributed by atoms with van der Waals surface area (Å²) in [4.78, 5) is 4.31. The maximum Gasteiger partial charge on any atom is 0.139 e. The summed E-state index contributed by atoms with van der Waals surface area (Å²) in [6.07, 6.45) is 2.35. The summed E-state index contributed by atoms with van der Waals surface area (Å²) in [6.45, 7) is 0. The zero-order valence-electron chi connectivity index (χ0n) is 9.54. The van der Waals surface area contributed by atoms with E-state index < -0.39 is 0 Å². The molecule has 0 radical (unpaired) electrons. The average Bonchev–Trinajstić information content (AvgIpc) is 3.14. The first-order valence-electron chi connectivity index (χ1n) is 5.42. The zero-order valence-corrected chi connectivity index (χ0v) is 11.1. The van der Waals surface area contributed by atoms with Gasteiger partial charge in [-0.2, -0.15) is 0 Å². The van der Waals surface area contributed by atoms with Gasteiger partial charge in [-0.25, -0.2) is 4.99 Å². The molecule has 1 fully saturated rings. The molecular weight excluding hydrogens is 259 g/mol. The van der Waals surface area contributed by atoms with Gasteiger partial charge in [-0.1, -0.05) is 11.6 Å². The number of aliphatic imine (C=N–C) groups is 1. The van der Waals surface area contributed by atoms with Crippen molar-refractivity contribution < 1.29 is 4.74 Å². The first-order valence-corrected chi connectivity index (χ1v) is 6.33. The molecule has 0 aliphatic heterocycles. The summed E-state index contributed by atoms with van der Waals surface area (Å²) < 4.78 is 5.18. The number of methoxy groups -OCH3 is 1. The van der Waals surface area contributed by atoms with E-state index in [9.17, 15) is 0 Å². The Morgan fingerprint density at radius 1 is 1.53 bits per heavy atom. The average molecular weight is 273 g/mol. The predicted molar refractivity (Wildman–Crippen MR) is 72.0 cm³/mol. The number of benzene rings is 1. The topological polar surface area (TPSA) is 47.6 Å². The van der Waals surface area contributed by atoms with Crippen molar-refractivity contribution in [1.29, 1.82) is 0 Å². The van der Waals surface area contributed by atoms with Crippen molar-refractivity contribution in [1.82, 2.24) is 0 Å². The Morgan fingerprint density at radius 3 is 2.76 bits per heavy atom. The highest BCUT2D eigenvalue weighted by Gasteiger charge is 2.27. The maximum atomic E-state index is 6.11. The standard InChI is InChI=1S/C12H14Cl2N2O/c1-17-11-5-10(16-12(15)6-13)8(4-9(11)14)7-2-3-7/h4-5,7H,2-3,6H2,1H3,(H2,15,16). The molecule has 92 valence electrons. The molecule has 0 spiro atoms. The van der Waals surface area contributed by atoms with Crippen LogP contribution >= 0.6 is 23.2 Å². The fourth-order valence-electron chi connectivity index (χ4n) is 1.72. The Morgan fingerprint density at radius 2 is 2.24 bits per heavy atom. The van der Waals surface area contributed by atoms with Gasteiger partial charge >= 0.3 is 0 Å². The minimum absolute atomic E-state index is 0.217. The molecule has 0 saturated heterocycles. The van der Waals surface area contributed by atoms with Crippen LogP contribution < -0.4 is 10.5 Å². The molecule has 0 bridgehead atoms. The monoisotopic (exact) mass is 272 g/mol. The molecule has 0 unspecified atom stereocenters. The van der Waals surface area contributed by atoms with E-state index in [-0.39, 0.29) is 5.88 Å². The lowest BCUT2D eigenvalue weighted by molar-refractivity contribution is 0.415. The van der Waals surface area contributed by atoms with E-state index in [2.05, 4.69) is 4.99 Å². The number of amidine groups is 1. The van der Waals surface area contributed by atoms with Crippen molar-refractivity contribution in [2.24, 2.45) is 10.7 Å². The van der Waals surface area contributed by atoms with Crippen LogP contribution in [-0.2, 0) is 0 Å². The molecular formula is C12H14Cl2N2O. The van der Waals surface area contributed by atoms with Crippen LogP contribution in [0.3, 0.4) is 0 Å². The molecule has 0 amide bonds. The van der Waals surface area contributed by atoms with E-state index in [0.29, 0.717) is 22.5 Å². The Hall–Kier alpha value is -0.930. The lowest BCUT2D eigenvalue weighted by Gasteiger charge is -2.10. The second kappa shape index (κ2) is 5.15. The van der Waals surface area contributed by atoms with Crippen LogP contribution in [0.1, 0.15) is 24.3 Å². The number of ether oxygens (including phenoxy) is 1. The minimum Gasteiger partial charge on any atom is -0.495 e. The van der Waals surface area contributed by atoms with Crippen molar-refractivity contribution in [2.45, 2.75) is 18.8 Å². The molecule has 5 heteroatoms. The first-order chi connectivity index (χ1) is 8.15. The molecule has 2 N–H and O–H groups in total. The third-order valence-electron chi connectivity index (χ3n) is 2.72. The van der Waals surface area contributed by atoms with E-state index in [4.69, 9.17) is 33.7 Å². The normalized spacial score (nSPS) is 16.1. The van der Waals surface area contributed by atoms with Crippen molar-refractivity contribution in [2.75, 3.05) is 13.0 Å². The summed E-state index contributed by atoms with van der Waals surface area (Å²) in [5, 5.41) is 0.609. The van der Waals surface area contributed by atoms with Gasteiger partial charge in [-0.15, -0.1) is 11.6 Å². The molecule has 0 aromatic heterocycles. The molecule has 0 atom stereocenters. The second-order valence-corrected chi connectivity index (χ2v) is 4.73. The van der Waals surface area contributed by atoms with Crippen molar-refractivity contribution in [3.63, 3.8) is 0 Å². The van der Waals surface area contributed by atoms with E-state index in [1.807, 2.05) is 12.1 Å². The fraction of sp³-hybridized carbons (Fsp3) is 0.417. The van der Waals surface area contributed by atoms with Gasteiger partial charge in [-0.05, 0) is 30.4 Å². The number of hydrogen-bond donors (Lipinski definition) is 1. The molecule has 17 heavy (non-hydrogen) atoms. The van der Waals surface area contributed by atoms with Crippen LogP contribution in [0.25, 0.3) is 0 Å². The summed E-state index contributed by atoms with van der Waals surface area (Å²) in [5.41, 5.74) is 7.61. The smallest absolute Gasteiger partial charge is 0.139 e. The lowest BCUT2D eigenvalue weighted by Crippen LogP contribution is -2.12. The Labute approximate surface area is 111 Å². The molecule has 2 rings (SSSR count).